The average molecular weight is 625 g/mol. The first-order valence-electron chi connectivity index (χ1n) is 14.1. The first kappa shape index (κ1) is 29.5. The van der Waals surface area contributed by atoms with Crippen molar-refractivity contribution in [2.45, 2.75) is 44.3 Å². The molecule has 0 spiro atoms. The molecule has 11 nitrogen and oxygen atoms in total. The van der Waals surface area contributed by atoms with Crippen LogP contribution in [0.1, 0.15) is 31.2 Å². The molecule has 3 heterocycles. The first-order valence-corrected chi connectivity index (χ1v) is 15.8. The number of sulfonamides is 1. The number of pyridine rings is 1. The molecular formula is C30H30F2N6O5S. The Labute approximate surface area is 252 Å². The van der Waals surface area contributed by atoms with Gasteiger partial charge in [0.1, 0.15) is 23.0 Å². The molecule has 2 aliphatic rings. The van der Waals surface area contributed by atoms with E-state index in [2.05, 4.69) is 25.0 Å². The van der Waals surface area contributed by atoms with E-state index in [-0.39, 0.29) is 35.8 Å². The zero-order chi connectivity index (χ0) is 31.1. The van der Waals surface area contributed by atoms with Crippen molar-refractivity contribution in [2.24, 2.45) is 0 Å². The third-order valence-corrected chi connectivity index (χ3v) is 9.14. The molecule has 2 aromatic heterocycles. The number of aromatic nitrogens is 3. The topological polar surface area (TPSA) is 147 Å². The van der Waals surface area contributed by atoms with E-state index in [1.807, 2.05) is 0 Å². The number of hydrogen-bond acceptors (Lipinski definition) is 8. The van der Waals surface area contributed by atoms with E-state index in [0.29, 0.717) is 47.0 Å². The van der Waals surface area contributed by atoms with Crippen LogP contribution in [0.2, 0.25) is 0 Å². The van der Waals surface area contributed by atoms with Gasteiger partial charge in [-0.3, -0.25) is 4.72 Å². The van der Waals surface area contributed by atoms with Gasteiger partial charge in [-0.2, -0.15) is 0 Å². The summed E-state index contributed by atoms with van der Waals surface area (Å²) in [6.07, 6.45) is 3.96. The molecule has 1 saturated carbocycles. The van der Waals surface area contributed by atoms with Crippen molar-refractivity contribution in [1.29, 1.82) is 0 Å². The van der Waals surface area contributed by atoms with E-state index in [1.165, 1.54) is 11.0 Å². The highest BCUT2D eigenvalue weighted by atomic mass is 32.2. The Balaban J connectivity index is 1.30. The quantitative estimate of drug-likeness (QED) is 0.212. The fourth-order valence-electron chi connectivity index (χ4n) is 5.31. The molecule has 2 fully saturated rings. The maximum absolute atomic E-state index is 15.0. The number of nitrogens with zero attached hydrogens (tertiary/aromatic N) is 4. The molecular weight excluding hydrogens is 594 g/mol. The van der Waals surface area contributed by atoms with Crippen molar-refractivity contribution < 1.29 is 31.8 Å². The summed E-state index contributed by atoms with van der Waals surface area (Å²) in [7, 11) is -4.16. The molecule has 1 unspecified atom stereocenters. The Morgan fingerprint density at radius 3 is 2.70 bits per heavy atom. The smallest absolute Gasteiger partial charge is 0.407 e. The normalized spacial score (nSPS) is 17.7. The lowest BCUT2D eigenvalue weighted by Crippen LogP contribution is -2.44. The van der Waals surface area contributed by atoms with Crippen molar-refractivity contribution in [1.82, 2.24) is 19.9 Å². The lowest BCUT2D eigenvalue weighted by atomic mass is 10.0. The predicted octanol–water partition coefficient (Wildman–Crippen LogP) is 5.73. The number of benzene rings is 2. The van der Waals surface area contributed by atoms with Gasteiger partial charge in [0.05, 0.1) is 16.9 Å². The summed E-state index contributed by atoms with van der Waals surface area (Å²) in [5.74, 6) is -0.693. The van der Waals surface area contributed by atoms with Gasteiger partial charge in [0.2, 0.25) is 21.9 Å². The summed E-state index contributed by atoms with van der Waals surface area (Å²) in [5.41, 5.74) is -0.354. The molecule has 1 amide bonds. The SMILES string of the molecule is Cc1ccc2c(NS(=O)(=O)CC3(F)CC3)c(F)ccc2c1Oc1ncccc1-c1ccnc(NC2CCCN(C(=O)O)C2)n1. The average Bonchev–Trinajstić information content (AvgIpc) is 3.71. The number of amides is 1. The number of ether oxygens (including phenoxy) is 1. The molecule has 4 aromatic rings. The predicted molar refractivity (Wildman–Crippen MR) is 161 cm³/mol. The molecule has 0 bridgehead atoms. The number of alkyl halides is 1. The molecule has 14 heteroatoms. The maximum atomic E-state index is 15.0. The molecule has 1 atom stereocenters. The minimum atomic E-state index is -4.16. The molecule has 1 aliphatic heterocycles. The second kappa shape index (κ2) is 11.5. The van der Waals surface area contributed by atoms with Gasteiger partial charge in [-0.15, -0.1) is 0 Å². The van der Waals surface area contributed by atoms with E-state index < -0.39 is 33.4 Å². The van der Waals surface area contributed by atoms with Crippen LogP contribution in [0.15, 0.2) is 54.9 Å². The highest BCUT2D eigenvalue weighted by Crippen LogP contribution is 2.42. The lowest BCUT2D eigenvalue weighted by Gasteiger charge is -2.31. The van der Waals surface area contributed by atoms with Crippen LogP contribution in [-0.4, -0.2) is 70.0 Å². The number of fused-ring (bicyclic) bond motifs is 1. The first-order chi connectivity index (χ1) is 21.0. The minimum absolute atomic E-state index is 0.148. The number of rotatable bonds is 9. The van der Waals surface area contributed by atoms with Crippen molar-refractivity contribution in [2.75, 3.05) is 28.9 Å². The van der Waals surface area contributed by atoms with Crippen LogP contribution in [0.25, 0.3) is 22.0 Å². The van der Waals surface area contributed by atoms with Crippen LogP contribution in [-0.2, 0) is 10.0 Å². The summed E-state index contributed by atoms with van der Waals surface area (Å²) < 4.78 is 63.2. The zero-order valence-corrected chi connectivity index (χ0v) is 24.6. The summed E-state index contributed by atoms with van der Waals surface area (Å²) in [4.78, 5) is 26.1. The van der Waals surface area contributed by atoms with Gasteiger partial charge in [0.15, 0.2) is 0 Å². The van der Waals surface area contributed by atoms with Crippen LogP contribution in [0.3, 0.4) is 0 Å². The van der Waals surface area contributed by atoms with E-state index in [1.54, 1.807) is 49.6 Å². The highest BCUT2D eigenvalue weighted by Gasteiger charge is 2.47. The number of carbonyl (C=O) groups is 1. The largest absolute Gasteiger partial charge is 0.465 e. The van der Waals surface area contributed by atoms with Gasteiger partial charge < -0.3 is 20.1 Å². The number of aryl methyl sites for hydroxylation is 1. The molecule has 6 rings (SSSR count). The van der Waals surface area contributed by atoms with E-state index in [9.17, 15) is 27.1 Å². The summed E-state index contributed by atoms with van der Waals surface area (Å²) in [6.45, 7) is 2.59. The Morgan fingerprint density at radius 1 is 1.14 bits per heavy atom. The Hall–Kier alpha value is -4.59. The Morgan fingerprint density at radius 2 is 1.93 bits per heavy atom. The minimum Gasteiger partial charge on any atom is -0.465 e. The number of nitrogens with one attached hydrogen (secondary N) is 2. The summed E-state index contributed by atoms with van der Waals surface area (Å²) in [6, 6.07) is 10.9. The van der Waals surface area contributed by atoms with E-state index >= 15 is 0 Å². The number of likely N-dealkylation sites (tertiary alicyclic amines) is 1. The van der Waals surface area contributed by atoms with Gasteiger partial charge in [-0.05, 0) is 68.5 Å². The van der Waals surface area contributed by atoms with E-state index in [4.69, 9.17) is 4.74 Å². The van der Waals surface area contributed by atoms with Gasteiger partial charge in [0.25, 0.3) is 0 Å². The third-order valence-electron chi connectivity index (χ3n) is 7.72. The number of carboxylic acid groups (broad SMARTS) is 1. The molecule has 1 saturated heterocycles. The number of hydrogen-bond donors (Lipinski definition) is 3. The summed E-state index contributed by atoms with van der Waals surface area (Å²) >= 11 is 0. The zero-order valence-electron chi connectivity index (χ0n) is 23.8. The van der Waals surface area contributed by atoms with Gasteiger partial charge in [0, 0.05) is 42.3 Å². The van der Waals surface area contributed by atoms with Crippen molar-refractivity contribution >= 4 is 38.5 Å². The molecule has 2 aromatic carbocycles. The van der Waals surface area contributed by atoms with Gasteiger partial charge in [-0.25, -0.2) is 36.9 Å². The Kier molecular flexibility index (Phi) is 7.70. The second-order valence-corrected chi connectivity index (χ2v) is 12.9. The number of anilines is 2. The van der Waals surface area contributed by atoms with Crippen LogP contribution in [0.5, 0.6) is 11.6 Å². The third kappa shape index (κ3) is 6.34. The lowest BCUT2D eigenvalue weighted by molar-refractivity contribution is 0.132. The maximum Gasteiger partial charge on any atom is 0.407 e. The van der Waals surface area contributed by atoms with E-state index in [0.717, 1.165) is 18.9 Å². The van der Waals surface area contributed by atoms with Crippen LogP contribution in [0.4, 0.5) is 25.2 Å². The molecule has 0 radical (unpaired) electrons. The number of halogens is 2. The van der Waals surface area contributed by atoms with Gasteiger partial charge >= 0.3 is 6.09 Å². The number of piperidine rings is 1. The van der Waals surface area contributed by atoms with Crippen LogP contribution in [0, 0.1) is 12.7 Å². The van der Waals surface area contributed by atoms with Crippen molar-refractivity contribution in [3.8, 4) is 22.9 Å². The molecule has 230 valence electrons. The van der Waals surface area contributed by atoms with Gasteiger partial charge in [-0.1, -0.05) is 12.1 Å². The van der Waals surface area contributed by atoms with Crippen molar-refractivity contribution in [3.63, 3.8) is 0 Å². The second-order valence-electron chi connectivity index (χ2n) is 11.2. The highest BCUT2D eigenvalue weighted by molar-refractivity contribution is 7.92. The monoisotopic (exact) mass is 624 g/mol. The molecule has 3 N–H and O–H groups in total. The fraction of sp³-hybridized carbons (Fsp3) is 0.333. The molecule has 44 heavy (non-hydrogen) atoms. The fourth-order valence-corrected chi connectivity index (χ4v) is 6.87. The summed E-state index contributed by atoms with van der Waals surface area (Å²) in [5, 5.41) is 13.2. The Bertz CT molecular complexity index is 1850. The van der Waals surface area contributed by atoms with Crippen LogP contribution < -0.4 is 14.8 Å². The standard InChI is InChI=1S/C30H30F2N6O5S/c1-18-6-7-20-21(8-9-23(31)25(20)37-44(41,42)17-30(32)11-12-30)26(18)43-27-22(5-2-13-33-27)24-10-14-34-28(36-24)35-19-4-3-15-38(16-19)29(39)40/h2,5-10,13-14,19,37H,3-4,11-12,15-17H2,1H3,(H,39,40)(H,34,35,36). The molecule has 1 aliphatic carbocycles. The van der Waals surface area contributed by atoms with Crippen LogP contribution >= 0.6 is 0 Å². The van der Waals surface area contributed by atoms with Crippen molar-refractivity contribution in [3.05, 3.63) is 66.2 Å².